The van der Waals surface area contributed by atoms with Crippen LogP contribution in [0.15, 0.2) is 170 Å². The second-order valence-corrected chi connectivity index (χ2v) is 13.9. The Kier molecular flexibility index (Phi) is 6.25. The van der Waals surface area contributed by atoms with Crippen LogP contribution in [0.4, 0.5) is 0 Å². The summed E-state index contributed by atoms with van der Waals surface area (Å²) in [5, 5.41) is 5.24. The van der Waals surface area contributed by atoms with Crippen LogP contribution in [-0.4, -0.2) is 9.55 Å². The van der Waals surface area contributed by atoms with Gasteiger partial charge in [-0.15, -0.1) is 0 Å². The Labute approximate surface area is 291 Å². The molecule has 0 saturated carbocycles. The highest BCUT2D eigenvalue weighted by Crippen LogP contribution is 2.56. The highest BCUT2D eigenvalue weighted by molar-refractivity contribution is 6.27. The zero-order valence-corrected chi connectivity index (χ0v) is 28.1. The number of aromatic nitrogens is 2. The van der Waals surface area contributed by atoms with Gasteiger partial charge in [0.25, 0.3) is 0 Å². The Morgan fingerprint density at radius 2 is 1.04 bits per heavy atom. The van der Waals surface area contributed by atoms with Crippen LogP contribution in [0.25, 0.3) is 83.0 Å². The zero-order valence-electron chi connectivity index (χ0n) is 28.1. The first kappa shape index (κ1) is 28.7. The van der Waals surface area contributed by atoms with Crippen molar-refractivity contribution in [3.8, 4) is 50.5 Å². The van der Waals surface area contributed by atoms with Crippen molar-refractivity contribution in [2.24, 2.45) is 0 Å². The van der Waals surface area contributed by atoms with Crippen LogP contribution in [0.5, 0.6) is 0 Å². The van der Waals surface area contributed by atoms with Crippen molar-refractivity contribution >= 4 is 32.6 Å². The van der Waals surface area contributed by atoms with Crippen LogP contribution in [0.1, 0.15) is 25.0 Å². The van der Waals surface area contributed by atoms with Gasteiger partial charge in [-0.3, -0.25) is 0 Å². The highest BCUT2D eigenvalue weighted by atomic mass is 15.0. The second kappa shape index (κ2) is 10.9. The lowest BCUT2D eigenvalue weighted by Gasteiger charge is -2.24. The minimum atomic E-state index is -0.168. The van der Waals surface area contributed by atoms with Crippen LogP contribution in [0, 0.1) is 0 Å². The van der Waals surface area contributed by atoms with Crippen LogP contribution in [0.2, 0.25) is 0 Å². The van der Waals surface area contributed by atoms with Crippen LogP contribution in [-0.2, 0) is 5.41 Å². The van der Waals surface area contributed by atoms with E-state index < -0.39 is 0 Å². The van der Waals surface area contributed by atoms with E-state index in [2.05, 4.69) is 188 Å². The molecule has 2 heteroatoms. The van der Waals surface area contributed by atoms with Gasteiger partial charge in [0.2, 0.25) is 0 Å². The van der Waals surface area contributed by atoms with Crippen molar-refractivity contribution in [1.82, 2.24) is 9.55 Å². The molecule has 2 heterocycles. The highest BCUT2D eigenvalue weighted by Gasteiger charge is 2.40. The third-order valence-corrected chi connectivity index (χ3v) is 10.7. The first-order chi connectivity index (χ1) is 24.6. The summed E-state index contributed by atoms with van der Waals surface area (Å²) in [7, 11) is 0. The molecule has 0 spiro atoms. The van der Waals surface area contributed by atoms with Crippen LogP contribution >= 0.6 is 0 Å². The topological polar surface area (TPSA) is 17.8 Å². The molecule has 236 valence electrons. The predicted octanol–water partition coefficient (Wildman–Crippen LogP) is 12.6. The first-order valence-electron chi connectivity index (χ1n) is 17.4. The van der Waals surface area contributed by atoms with Gasteiger partial charge < -0.3 is 4.57 Å². The summed E-state index contributed by atoms with van der Waals surface area (Å²) in [4.78, 5) is 5.11. The Morgan fingerprint density at radius 3 is 1.72 bits per heavy atom. The number of rotatable bonds is 4. The molecule has 0 unspecified atom stereocenters. The summed E-state index contributed by atoms with van der Waals surface area (Å²) in [6.45, 7) is 4.80. The van der Waals surface area contributed by atoms with Gasteiger partial charge in [-0.2, -0.15) is 0 Å². The monoisotopic (exact) mass is 638 g/mol. The average molecular weight is 639 g/mol. The number of hydrogen-bond donors (Lipinski definition) is 0. The van der Waals surface area contributed by atoms with E-state index in [0.717, 1.165) is 39.3 Å². The molecule has 50 heavy (non-hydrogen) atoms. The largest absolute Gasteiger partial charge is 0.309 e. The quantitative estimate of drug-likeness (QED) is 0.188. The SMILES string of the molecule is CC1(C)c2ccccc2-c2c1c1c(c3ccccc23)c2ccccc2n1-c1ccc(-c2cc(-c3ccccc3)nc(-c3ccccc3)c2)cc1. The van der Waals surface area contributed by atoms with Crippen molar-refractivity contribution < 1.29 is 0 Å². The summed E-state index contributed by atoms with van der Waals surface area (Å²) >= 11 is 0. The Balaban J connectivity index is 1.22. The molecule has 1 aliphatic rings. The summed E-state index contributed by atoms with van der Waals surface area (Å²) in [5.74, 6) is 0. The number of benzene rings is 7. The lowest BCUT2D eigenvalue weighted by molar-refractivity contribution is 0.664. The second-order valence-electron chi connectivity index (χ2n) is 13.9. The first-order valence-corrected chi connectivity index (χ1v) is 17.4. The molecule has 0 aliphatic heterocycles. The molecular formula is C48H34N2. The fourth-order valence-corrected chi connectivity index (χ4v) is 8.47. The molecule has 9 aromatic rings. The molecule has 10 rings (SSSR count). The molecule has 7 aromatic carbocycles. The predicted molar refractivity (Wildman–Crippen MR) is 210 cm³/mol. The number of hydrogen-bond acceptors (Lipinski definition) is 1. The molecule has 0 bridgehead atoms. The van der Waals surface area contributed by atoms with Gasteiger partial charge in [0.1, 0.15) is 0 Å². The van der Waals surface area contributed by atoms with E-state index in [-0.39, 0.29) is 5.41 Å². The van der Waals surface area contributed by atoms with Gasteiger partial charge in [-0.05, 0) is 74.5 Å². The maximum absolute atomic E-state index is 5.11. The van der Waals surface area contributed by atoms with E-state index in [4.69, 9.17) is 4.98 Å². The van der Waals surface area contributed by atoms with E-state index in [0.29, 0.717) is 0 Å². The Morgan fingerprint density at radius 1 is 0.480 bits per heavy atom. The molecule has 0 fully saturated rings. The normalized spacial score (nSPS) is 13.2. The van der Waals surface area contributed by atoms with E-state index in [9.17, 15) is 0 Å². The standard InChI is InChI=1S/C48H34N2/c1-48(2)40-23-13-11-21-38(40)44-36-19-9-10-20-37(36)45-39-22-12-14-24-43(39)50(47(45)46(44)48)35-27-25-31(26-28-35)34-29-41(32-15-5-3-6-16-32)49-42(30-34)33-17-7-4-8-18-33/h3-30H,1-2H3. The van der Waals surface area contributed by atoms with Crippen LogP contribution in [0.3, 0.4) is 0 Å². The molecule has 0 atom stereocenters. The maximum Gasteiger partial charge on any atom is 0.0715 e. The lowest BCUT2D eigenvalue weighted by atomic mass is 9.80. The van der Waals surface area contributed by atoms with Crippen molar-refractivity contribution in [2.75, 3.05) is 0 Å². The molecule has 1 aliphatic carbocycles. The molecule has 0 N–H and O–H groups in total. The number of fused-ring (bicyclic) bond motifs is 10. The molecule has 2 aromatic heterocycles. The summed E-state index contributed by atoms with van der Waals surface area (Å²) in [6.07, 6.45) is 0. The van der Waals surface area contributed by atoms with E-state index in [1.165, 1.54) is 54.8 Å². The van der Waals surface area contributed by atoms with Crippen molar-refractivity contribution in [2.45, 2.75) is 19.3 Å². The minimum Gasteiger partial charge on any atom is -0.309 e. The van der Waals surface area contributed by atoms with Gasteiger partial charge in [0, 0.05) is 33.0 Å². The summed E-state index contributed by atoms with van der Waals surface area (Å²) in [5.41, 5.74) is 15.5. The third-order valence-electron chi connectivity index (χ3n) is 10.7. The van der Waals surface area contributed by atoms with E-state index in [1.807, 2.05) is 0 Å². The lowest BCUT2D eigenvalue weighted by Crippen LogP contribution is -2.16. The molecule has 0 radical (unpaired) electrons. The summed E-state index contributed by atoms with van der Waals surface area (Å²) in [6, 6.07) is 61.4. The average Bonchev–Trinajstić information content (AvgIpc) is 3.65. The van der Waals surface area contributed by atoms with Gasteiger partial charge in [-0.1, -0.05) is 153 Å². The maximum atomic E-state index is 5.11. The van der Waals surface area contributed by atoms with Gasteiger partial charge in [-0.25, -0.2) is 4.98 Å². The minimum absolute atomic E-state index is 0.168. The zero-order chi connectivity index (χ0) is 33.4. The smallest absolute Gasteiger partial charge is 0.0715 e. The van der Waals surface area contributed by atoms with Gasteiger partial charge in [0.05, 0.1) is 22.4 Å². The van der Waals surface area contributed by atoms with E-state index in [1.54, 1.807) is 0 Å². The number of para-hydroxylation sites is 1. The molecular weight excluding hydrogens is 605 g/mol. The fraction of sp³-hybridized carbons (Fsp3) is 0.0625. The Hall–Kier alpha value is -6.25. The van der Waals surface area contributed by atoms with Crippen molar-refractivity contribution in [3.05, 3.63) is 181 Å². The Bertz CT molecular complexity index is 2690. The van der Waals surface area contributed by atoms with Gasteiger partial charge in [0.15, 0.2) is 0 Å². The van der Waals surface area contributed by atoms with E-state index >= 15 is 0 Å². The molecule has 2 nitrogen and oxygen atoms in total. The van der Waals surface area contributed by atoms with Crippen LogP contribution < -0.4 is 0 Å². The van der Waals surface area contributed by atoms with Crippen molar-refractivity contribution in [3.63, 3.8) is 0 Å². The molecule has 0 amide bonds. The number of pyridine rings is 1. The van der Waals surface area contributed by atoms with Crippen molar-refractivity contribution in [1.29, 1.82) is 0 Å². The van der Waals surface area contributed by atoms with Gasteiger partial charge >= 0.3 is 0 Å². The fourth-order valence-electron chi connectivity index (χ4n) is 8.47. The summed E-state index contributed by atoms with van der Waals surface area (Å²) < 4.78 is 2.52. The third kappa shape index (κ3) is 4.18. The molecule has 0 saturated heterocycles. The number of nitrogens with zero attached hydrogens (tertiary/aromatic N) is 2.